The lowest BCUT2D eigenvalue weighted by Gasteiger charge is -2.07. The number of rotatable bonds is 8. The molecule has 0 radical (unpaired) electrons. The molecule has 0 heterocycles. The second kappa shape index (κ2) is 10.2. The molecule has 2 aromatic rings. The van der Waals surface area contributed by atoms with E-state index in [4.69, 9.17) is 11.6 Å². The van der Waals surface area contributed by atoms with Gasteiger partial charge in [0, 0.05) is 22.8 Å². The zero-order valence-corrected chi connectivity index (χ0v) is 16.5. The van der Waals surface area contributed by atoms with E-state index in [-0.39, 0.29) is 11.8 Å². The van der Waals surface area contributed by atoms with Gasteiger partial charge in [-0.15, -0.1) is 0 Å². The number of benzene rings is 2. The molecule has 2 amide bonds. The molecule has 0 aromatic heterocycles. The average molecular weight is 391 g/mol. The van der Waals surface area contributed by atoms with E-state index in [1.165, 1.54) is 11.8 Å². The van der Waals surface area contributed by atoms with Gasteiger partial charge in [-0.05, 0) is 61.4 Å². The van der Waals surface area contributed by atoms with Crippen molar-refractivity contribution in [1.29, 1.82) is 0 Å². The SMILES string of the molecule is Cc1cccc(NC(=O)CCCSCC(=O)Nc2ccc(C)c(Cl)c2)c1. The van der Waals surface area contributed by atoms with Crippen LogP contribution in [0.25, 0.3) is 0 Å². The summed E-state index contributed by atoms with van der Waals surface area (Å²) in [5.41, 5.74) is 3.60. The molecule has 6 heteroatoms. The first-order valence-electron chi connectivity index (χ1n) is 8.44. The van der Waals surface area contributed by atoms with Crippen molar-refractivity contribution in [2.75, 3.05) is 22.1 Å². The molecular formula is C20H23ClN2O2S. The van der Waals surface area contributed by atoms with Gasteiger partial charge in [0.05, 0.1) is 5.75 Å². The van der Waals surface area contributed by atoms with Crippen molar-refractivity contribution >= 4 is 46.6 Å². The van der Waals surface area contributed by atoms with Crippen molar-refractivity contribution in [2.45, 2.75) is 26.7 Å². The molecule has 138 valence electrons. The Morgan fingerprint density at radius 3 is 2.46 bits per heavy atom. The fraction of sp³-hybridized carbons (Fsp3) is 0.300. The smallest absolute Gasteiger partial charge is 0.234 e. The molecule has 26 heavy (non-hydrogen) atoms. The zero-order valence-electron chi connectivity index (χ0n) is 15.0. The maximum absolute atomic E-state index is 11.9. The van der Waals surface area contributed by atoms with Gasteiger partial charge in [0.1, 0.15) is 0 Å². The van der Waals surface area contributed by atoms with Gasteiger partial charge in [0.15, 0.2) is 0 Å². The Bertz CT molecular complexity index is 780. The molecule has 2 aromatic carbocycles. The lowest BCUT2D eigenvalue weighted by atomic mass is 10.2. The van der Waals surface area contributed by atoms with E-state index in [0.717, 1.165) is 29.0 Å². The summed E-state index contributed by atoms with van der Waals surface area (Å²) in [6, 6.07) is 13.2. The van der Waals surface area contributed by atoms with Crippen LogP contribution in [-0.4, -0.2) is 23.3 Å². The van der Waals surface area contributed by atoms with Gasteiger partial charge in [0.2, 0.25) is 11.8 Å². The first kappa shape index (κ1) is 20.3. The topological polar surface area (TPSA) is 58.2 Å². The van der Waals surface area contributed by atoms with Gasteiger partial charge in [0.25, 0.3) is 0 Å². The molecule has 4 nitrogen and oxygen atoms in total. The van der Waals surface area contributed by atoms with Crippen LogP contribution in [0.4, 0.5) is 11.4 Å². The second-order valence-electron chi connectivity index (χ2n) is 6.09. The van der Waals surface area contributed by atoms with Crippen molar-refractivity contribution in [3.63, 3.8) is 0 Å². The number of amides is 2. The van der Waals surface area contributed by atoms with Crippen LogP contribution in [-0.2, 0) is 9.59 Å². The third kappa shape index (κ3) is 7.10. The lowest BCUT2D eigenvalue weighted by molar-refractivity contribution is -0.116. The summed E-state index contributed by atoms with van der Waals surface area (Å²) in [4.78, 5) is 23.8. The summed E-state index contributed by atoms with van der Waals surface area (Å²) >= 11 is 7.56. The van der Waals surface area contributed by atoms with Crippen molar-refractivity contribution in [3.8, 4) is 0 Å². The van der Waals surface area contributed by atoms with E-state index < -0.39 is 0 Å². The molecule has 2 rings (SSSR count). The molecule has 0 atom stereocenters. The van der Waals surface area contributed by atoms with Crippen molar-refractivity contribution in [1.82, 2.24) is 0 Å². The Morgan fingerprint density at radius 1 is 1.00 bits per heavy atom. The van der Waals surface area contributed by atoms with E-state index >= 15 is 0 Å². The standard InChI is InChI=1S/C20H23ClN2O2S/c1-14-5-3-6-16(11-14)22-19(24)7-4-10-26-13-20(25)23-17-9-8-15(2)18(21)12-17/h3,5-6,8-9,11-12H,4,7,10,13H2,1-2H3,(H,22,24)(H,23,25). The highest BCUT2D eigenvalue weighted by molar-refractivity contribution is 7.99. The van der Waals surface area contributed by atoms with E-state index in [1.54, 1.807) is 6.07 Å². The lowest BCUT2D eigenvalue weighted by Crippen LogP contribution is -2.15. The largest absolute Gasteiger partial charge is 0.326 e. The van der Waals surface area contributed by atoms with Gasteiger partial charge in [-0.3, -0.25) is 9.59 Å². The third-order valence-electron chi connectivity index (χ3n) is 3.68. The minimum atomic E-state index is -0.0702. The maximum Gasteiger partial charge on any atom is 0.234 e. The number of carbonyl (C=O) groups excluding carboxylic acids is 2. The number of thioether (sulfide) groups is 1. The fourth-order valence-electron chi connectivity index (χ4n) is 2.31. The first-order chi connectivity index (χ1) is 12.4. The number of anilines is 2. The molecule has 0 aliphatic rings. The summed E-state index contributed by atoms with van der Waals surface area (Å²) in [6.45, 7) is 3.90. The Kier molecular flexibility index (Phi) is 8.01. The summed E-state index contributed by atoms with van der Waals surface area (Å²) in [6.07, 6.45) is 1.17. The van der Waals surface area contributed by atoms with Gasteiger partial charge < -0.3 is 10.6 Å². The highest BCUT2D eigenvalue weighted by Gasteiger charge is 2.06. The predicted octanol–water partition coefficient (Wildman–Crippen LogP) is 5.05. The van der Waals surface area contributed by atoms with Crippen LogP contribution in [0.2, 0.25) is 5.02 Å². The van der Waals surface area contributed by atoms with E-state index in [1.807, 2.05) is 50.2 Å². The molecule has 0 aliphatic carbocycles. The molecule has 0 unspecified atom stereocenters. The average Bonchev–Trinajstić information content (AvgIpc) is 2.58. The number of hydrogen-bond acceptors (Lipinski definition) is 3. The molecule has 0 bridgehead atoms. The molecule has 0 aliphatic heterocycles. The van der Waals surface area contributed by atoms with Crippen molar-refractivity contribution < 1.29 is 9.59 Å². The third-order valence-corrected chi connectivity index (χ3v) is 5.13. The van der Waals surface area contributed by atoms with Crippen LogP contribution in [0.15, 0.2) is 42.5 Å². The zero-order chi connectivity index (χ0) is 18.9. The number of hydrogen-bond donors (Lipinski definition) is 2. The molecule has 0 saturated carbocycles. The van der Waals surface area contributed by atoms with Crippen LogP contribution in [0.5, 0.6) is 0 Å². The van der Waals surface area contributed by atoms with Crippen LogP contribution in [0.3, 0.4) is 0 Å². The fourth-order valence-corrected chi connectivity index (χ4v) is 3.24. The Labute approximate surface area is 163 Å². The van der Waals surface area contributed by atoms with Crippen LogP contribution in [0, 0.1) is 13.8 Å². The number of carbonyl (C=O) groups is 2. The normalized spacial score (nSPS) is 10.4. The number of halogens is 1. The molecular weight excluding hydrogens is 368 g/mol. The Morgan fingerprint density at radius 2 is 1.73 bits per heavy atom. The van der Waals surface area contributed by atoms with Crippen molar-refractivity contribution in [2.24, 2.45) is 0 Å². The second-order valence-corrected chi connectivity index (χ2v) is 7.60. The summed E-state index contributed by atoms with van der Waals surface area (Å²) < 4.78 is 0. The molecule has 0 saturated heterocycles. The minimum absolute atomic E-state index is 0.00468. The molecule has 0 fully saturated rings. The van der Waals surface area contributed by atoms with Crippen LogP contribution in [0.1, 0.15) is 24.0 Å². The highest BCUT2D eigenvalue weighted by Crippen LogP contribution is 2.20. The summed E-state index contributed by atoms with van der Waals surface area (Å²) in [5.74, 6) is 1.03. The maximum atomic E-state index is 11.9. The highest BCUT2D eigenvalue weighted by atomic mass is 35.5. The van der Waals surface area contributed by atoms with Gasteiger partial charge in [-0.2, -0.15) is 11.8 Å². The first-order valence-corrected chi connectivity index (χ1v) is 9.97. The number of nitrogens with one attached hydrogen (secondary N) is 2. The Balaban J connectivity index is 1.61. The quantitative estimate of drug-likeness (QED) is 0.620. The summed E-state index contributed by atoms with van der Waals surface area (Å²) in [5, 5.41) is 6.34. The molecule has 0 spiro atoms. The predicted molar refractivity (Wildman–Crippen MR) is 111 cm³/mol. The summed E-state index contributed by atoms with van der Waals surface area (Å²) in [7, 11) is 0. The van der Waals surface area contributed by atoms with Gasteiger partial charge >= 0.3 is 0 Å². The number of aryl methyl sites for hydroxylation is 2. The van der Waals surface area contributed by atoms with Gasteiger partial charge in [-0.25, -0.2) is 0 Å². The monoisotopic (exact) mass is 390 g/mol. The van der Waals surface area contributed by atoms with E-state index in [0.29, 0.717) is 22.9 Å². The van der Waals surface area contributed by atoms with E-state index in [9.17, 15) is 9.59 Å². The van der Waals surface area contributed by atoms with E-state index in [2.05, 4.69) is 10.6 Å². The van der Waals surface area contributed by atoms with Crippen molar-refractivity contribution in [3.05, 3.63) is 58.6 Å². The van der Waals surface area contributed by atoms with Gasteiger partial charge in [-0.1, -0.05) is 29.8 Å². The molecule has 2 N–H and O–H groups in total. The minimum Gasteiger partial charge on any atom is -0.326 e. The Hall–Kier alpha value is -1.98. The van der Waals surface area contributed by atoms with Crippen LogP contribution >= 0.6 is 23.4 Å². The van der Waals surface area contributed by atoms with Crippen LogP contribution < -0.4 is 10.6 Å².